The van der Waals surface area contributed by atoms with Gasteiger partial charge in [-0.1, -0.05) is 13.0 Å². The Morgan fingerprint density at radius 2 is 2.33 bits per heavy atom. The summed E-state index contributed by atoms with van der Waals surface area (Å²) in [5.41, 5.74) is 5.06. The summed E-state index contributed by atoms with van der Waals surface area (Å²) in [4.78, 5) is 10.7. The fourth-order valence-corrected chi connectivity index (χ4v) is 0.482. The van der Waals surface area contributed by atoms with E-state index in [1.54, 1.807) is 20.0 Å². The van der Waals surface area contributed by atoms with Gasteiger partial charge in [-0.15, -0.1) is 0 Å². The Morgan fingerprint density at radius 3 is 2.67 bits per heavy atom. The maximum atomic E-state index is 10.7. The fraction of sp³-hybridized carbons (Fsp3) is 0.500. The lowest BCUT2D eigenvalue weighted by molar-refractivity contribution is -0.122. The van der Waals surface area contributed by atoms with Gasteiger partial charge in [-0.05, 0) is 6.20 Å². The third kappa shape index (κ3) is 2.74. The summed E-state index contributed by atoms with van der Waals surface area (Å²) in [6.45, 7) is 1.78. The average Bonchev–Trinajstić information content (AvgIpc) is 1.87. The van der Waals surface area contributed by atoms with Crippen LogP contribution in [0, 0.1) is 5.92 Å². The lowest BCUT2D eigenvalue weighted by atomic mass is 10.2. The number of amides is 1. The van der Waals surface area contributed by atoms with Crippen LogP contribution in [0.25, 0.3) is 0 Å². The molecule has 0 aromatic carbocycles. The molecule has 0 saturated carbocycles. The molecule has 0 rings (SSSR count). The highest BCUT2D eigenvalue weighted by Gasteiger charge is 2.04. The minimum Gasteiger partial charge on any atom is -0.405 e. The number of hydrogen-bond acceptors (Lipinski definition) is 2. The van der Waals surface area contributed by atoms with Crippen molar-refractivity contribution in [3.05, 3.63) is 12.3 Å². The van der Waals surface area contributed by atoms with Gasteiger partial charge in [-0.2, -0.15) is 0 Å². The monoisotopic (exact) mass is 128 g/mol. The van der Waals surface area contributed by atoms with Gasteiger partial charge in [0.15, 0.2) is 0 Å². The van der Waals surface area contributed by atoms with Crippen LogP contribution in [0.15, 0.2) is 12.3 Å². The van der Waals surface area contributed by atoms with E-state index in [1.165, 1.54) is 6.20 Å². The van der Waals surface area contributed by atoms with Gasteiger partial charge in [0.05, 0.1) is 5.92 Å². The summed E-state index contributed by atoms with van der Waals surface area (Å²) < 4.78 is 0. The quantitative estimate of drug-likeness (QED) is 0.543. The number of rotatable bonds is 2. The minimum absolute atomic E-state index is 0.0169. The first-order valence-electron chi connectivity index (χ1n) is 2.82. The molecule has 0 aromatic heterocycles. The van der Waals surface area contributed by atoms with E-state index in [-0.39, 0.29) is 11.8 Å². The highest BCUT2D eigenvalue weighted by Crippen LogP contribution is 1.93. The van der Waals surface area contributed by atoms with Gasteiger partial charge in [0.25, 0.3) is 0 Å². The number of carbonyl (C=O) groups excluding carboxylic acids is 1. The second-order valence-corrected chi connectivity index (χ2v) is 1.79. The molecule has 1 atom stereocenters. The Balaban J connectivity index is 3.72. The lowest BCUT2D eigenvalue weighted by Gasteiger charge is -2.01. The topological polar surface area (TPSA) is 55.1 Å². The molecule has 0 radical (unpaired) electrons. The fourth-order valence-electron chi connectivity index (χ4n) is 0.482. The van der Waals surface area contributed by atoms with E-state index in [4.69, 9.17) is 5.73 Å². The molecular weight excluding hydrogens is 116 g/mol. The Morgan fingerprint density at radius 1 is 1.78 bits per heavy atom. The van der Waals surface area contributed by atoms with E-state index < -0.39 is 0 Å². The molecule has 0 spiro atoms. The Hall–Kier alpha value is -0.990. The Labute approximate surface area is 54.9 Å². The molecule has 3 N–H and O–H groups in total. The Kier molecular flexibility index (Phi) is 3.51. The third-order valence-corrected chi connectivity index (χ3v) is 1.06. The molecule has 0 bridgehead atoms. The predicted octanol–water partition coefficient (Wildman–Crippen LogP) is -0.159. The van der Waals surface area contributed by atoms with Gasteiger partial charge in [-0.3, -0.25) is 4.79 Å². The van der Waals surface area contributed by atoms with Crippen LogP contribution in [0.1, 0.15) is 6.92 Å². The summed E-state index contributed by atoms with van der Waals surface area (Å²) in [5.74, 6) is -0.142. The standard InChI is InChI=1S/C6H12N2O/c1-5(3-4-7)6(9)8-2/h3-5H,7H2,1-2H3,(H,8,9)/b4-3-. The molecule has 0 heterocycles. The summed E-state index contributed by atoms with van der Waals surface area (Å²) in [6.07, 6.45) is 3.01. The van der Waals surface area contributed by atoms with Crippen LogP contribution < -0.4 is 11.1 Å². The molecule has 0 aromatic rings. The largest absolute Gasteiger partial charge is 0.405 e. The first-order valence-corrected chi connectivity index (χ1v) is 2.82. The van der Waals surface area contributed by atoms with Crippen molar-refractivity contribution in [2.45, 2.75) is 6.92 Å². The molecule has 0 saturated heterocycles. The highest BCUT2D eigenvalue weighted by atomic mass is 16.1. The van der Waals surface area contributed by atoms with Crippen molar-refractivity contribution in [1.82, 2.24) is 5.32 Å². The summed E-state index contributed by atoms with van der Waals surface area (Å²) in [5, 5.41) is 2.50. The van der Waals surface area contributed by atoms with Crippen LogP contribution in [-0.2, 0) is 4.79 Å². The normalized spacial score (nSPS) is 13.6. The zero-order chi connectivity index (χ0) is 7.28. The first kappa shape index (κ1) is 8.01. The molecule has 52 valence electrons. The van der Waals surface area contributed by atoms with Crippen LogP contribution in [0.5, 0.6) is 0 Å². The number of nitrogens with one attached hydrogen (secondary N) is 1. The molecule has 3 nitrogen and oxygen atoms in total. The van der Waals surface area contributed by atoms with E-state index in [9.17, 15) is 4.79 Å². The van der Waals surface area contributed by atoms with E-state index in [1.807, 2.05) is 0 Å². The van der Waals surface area contributed by atoms with Gasteiger partial charge >= 0.3 is 0 Å². The molecule has 0 fully saturated rings. The highest BCUT2D eigenvalue weighted by molar-refractivity contribution is 5.79. The lowest BCUT2D eigenvalue weighted by Crippen LogP contribution is -2.23. The van der Waals surface area contributed by atoms with E-state index in [0.717, 1.165) is 0 Å². The van der Waals surface area contributed by atoms with Crippen molar-refractivity contribution in [3.8, 4) is 0 Å². The zero-order valence-electron chi connectivity index (χ0n) is 5.72. The Bertz CT molecular complexity index is 120. The van der Waals surface area contributed by atoms with Crippen LogP contribution in [0.2, 0.25) is 0 Å². The van der Waals surface area contributed by atoms with Crippen molar-refractivity contribution in [3.63, 3.8) is 0 Å². The number of nitrogens with two attached hydrogens (primary N) is 1. The predicted molar refractivity (Wildman–Crippen MR) is 36.6 cm³/mol. The van der Waals surface area contributed by atoms with Gasteiger partial charge < -0.3 is 11.1 Å². The van der Waals surface area contributed by atoms with Gasteiger partial charge in [0.1, 0.15) is 0 Å². The molecule has 0 aliphatic heterocycles. The maximum Gasteiger partial charge on any atom is 0.226 e. The van der Waals surface area contributed by atoms with Crippen LogP contribution in [0.4, 0.5) is 0 Å². The molecular formula is C6H12N2O. The average molecular weight is 128 g/mol. The maximum absolute atomic E-state index is 10.7. The number of carbonyl (C=O) groups is 1. The van der Waals surface area contributed by atoms with Crippen molar-refractivity contribution < 1.29 is 4.79 Å². The molecule has 9 heavy (non-hydrogen) atoms. The van der Waals surface area contributed by atoms with E-state index in [0.29, 0.717) is 0 Å². The molecule has 1 unspecified atom stereocenters. The summed E-state index contributed by atoms with van der Waals surface area (Å²) >= 11 is 0. The van der Waals surface area contributed by atoms with E-state index >= 15 is 0 Å². The first-order chi connectivity index (χ1) is 4.22. The van der Waals surface area contributed by atoms with Crippen molar-refractivity contribution in [1.29, 1.82) is 0 Å². The molecule has 1 amide bonds. The molecule has 0 aliphatic carbocycles. The van der Waals surface area contributed by atoms with Crippen LogP contribution in [0.3, 0.4) is 0 Å². The second kappa shape index (κ2) is 3.95. The second-order valence-electron chi connectivity index (χ2n) is 1.79. The minimum atomic E-state index is -0.125. The van der Waals surface area contributed by atoms with Gasteiger partial charge in [0, 0.05) is 7.05 Å². The van der Waals surface area contributed by atoms with Crippen LogP contribution in [-0.4, -0.2) is 13.0 Å². The smallest absolute Gasteiger partial charge is 0.226 e. The SMILES string of the molecule is CNC(=O)C(C)/C=C\N. The zero-order valence-corrected chi connectivity index (χ0v) is 5.72. The van der Waals surface area contributed by atoms with E-state index in [2.05, 4.69) is 5.32 Å². The van der Waals surface area contributed by atoms with Crippen molar-refractivity contribution in [2.24, 2.45) is 11.7 Å². The molecule has 0 aliphatic rings. The summed E-state index contributed by atoms with van der Waals surface area (Å²) in [7, 11) is 1.60. The summed E-state index contributed by atoms with van der Waals surface area (Å²) in [6, 6.07) is 0. The van der Waals surface area contributed by atoms with Crippen molar-refractivity contribution >= 4 is 5.91 Å². The van der Waals surface area contributed by atoms with Gasteiger partial charge in [-0.25, -0.2) is 0 Å². The van der Waals surface area contributed by atoms with Gasteiger partial charge in [0.2, 0.25) is 5.91 Å². The molecule has 3 heteroatoms. The van der Waals surface area contributed by atoms with Crippen molar-refractivity contribution in [2.75, 3.05) is 7.05 Å². The van der Waals surface area contributed by atoms with Crippen LogP contribution >= 0.6 is 0 Å². The number of hydrogen-bond donors (Lipinski definition) is 2. The third-order valence-electron chi connectivity index (χ3n) is 1.06.